The van der Waals surface area contributed by atoms with Gasteiger partial charge in [-0.05, 0) is 102 Å². The Morgan fingerprint density at radius 1 is 0.771 bits per heavy atom. The molecule has 70 heavy (non-hydrogen) atoms. The molecule has 0 aliphatic carbocycles. The Balaban J connectivity index is 0.00000397. The molecule has 7 rings (SSSR count). The van der Waals surface area contributed by atoms with E-state index in [4.69, 9.17) is 29.3 Å². The van der Waals surface area contributed by atoms with Gasteiger partial charge >= 0.3 is 12.2 Å². The quantitative estimate of drug-likeness (QED) is 0.0633. The molecule has 2 aromatic heterocycles. The van der Waals surface area contributed by atoms with Crippen LogP contribution in [0.25, 0.3) is 22.1 Å². The standard InChI is InChI=1S/C52H71N9O7.CH4O/c1-12-36(66-9)28-59(48(62)45(30(2)3)57-50(64)67-10)29-44-53-37-21-15-32(26-39(37)54-44)41-23-24-42(61(41)35-19-17-34(18-20-35)52(6,7)8)33-16-22-38-40(27-33)56-47(55-38)43-14-13-25-60(43)49(63)46(31(4)5)58-51(65)68-11;1-2/h15-22,26-27,30-31,36,41-43,45-46H,12-14,23-25,28-29H2,1-11H3,(H,53,54)(H,55,56)(H,57,64)(H,58,65);2H,1H3/t36-,41+,42+,43-,45-,46?;/m0./s1. The number of anilines is 1. The van der Waals surface area contributed by atoms with Gasteiger partial charge < -0.3 is 54.6 Å². The van der Waals surface area contributed by atoms with E-state index >= 15 is 0 Å². The van der Waals surface area contributed by atoms with Gasteiger partial charge in [0.25, 0.3) is 0 Å². The first-order chi connectivity index (χ1) is 33.4. The smallest absolute Gasteiger partial charge is 0.407 e. The molecule has 0 spiro atoms. The number of rotatable bonds is 16. The van der Waals surface area contributed by atoms with Crippen molar-refractivity contribution in [2.75, 3.05) is 46.4 Å². The number of imidazole rings is 2. The van der Waals surface area contributed by atoms with E-state index in [-0.39, 0.29) is 59.8 Å². The van der Waals surface area contributed by atoms with Crippen LogP contribution in [0.4, 0.5) is 15.3 Å². The van der Waals surface area contributed by atoms with Crippen molar-refractivity contribution in [1.82, 2.24) is 40.4 Å². The first-order valence-electron chi connectivity index (χ1n) is 24.6. The van der Waals surface area contributed by atoms with E-state index < -0.39 is 24.3 Å². The number of nitrogens with one attached hydrogen (secondary N) is 4. The number of nitrogens with zero attached hydrogens (tertiary/aromatic N) is 5. The molecule has 0 saturated carbocycles. The number of ether oxygens (including phenoxy) is 3. The van der Waals surface area contributed by atoms with Gasteiger partial charge in [-0.3, -0.25) is 9.59 Å². The zero-order chi connectivity index (χ0) is 51.0. The number of aromatic nitrogens is 4. The Hall–Kier alpha value is -6.20. The van der Waals surface area contributed by atoms with Gasteiger partial charge in [0.05, 0.1) is 67.1 Å². The zero-order valence-electron chi connectivity index (χ0n) is 43.1. The first kappa shape index (κ1) is 53.2. The number of fused-ring (bicyclic) bond motifs is 2. The van der Waals surface area contributed by atoms with Crippen LogP contribution >= 0.6 is 0 Å². The third-order valence-electron chi connectivity index (χ3n) is 13.8. The van der Waals surface area contributed by atoms with Gasteiger partial charge in [0.2, 0.25) is 11.8 Å². The highest BCUT2D eigenvalue weighted by Gasteiger charge is 2.39. The third kappa shape index (κ3) is 11.9. The molecule has 380 valence electrons. The summed E-state index contributed by atoms with van der Waals surface area (Å²) in [5, 5.41) is 12.5. The maximum atomic E-state index is 14.1. The number of carbonyl (C=O) groups excluding carboxylic acids is 4. The number of alkyl carbamates (subject to hydrolysis) is 2. The predicted octanol–water partition coefficient (Wildman–Crippen LogP) is 8.61. The lowest BCUT2D eigenvalue weighted by Crippen LogP contribution is -2.52. The summed E-state index contributed by atoms with van der Waals surface area (Å²) in [4.78, 5) is 75.7. The van der Waals surface area contributed by atoms with E-state index in [2.05, 4.69) is 107 Å². The molecule has 5 N–H and O–H groups in total. The third-order valence-corrected chi connectivity index (χ3v) is 13.8. The second-order valence-electron chi connectivity index (χ2n) is 20.1. The van der Waals surface area contributed by atoms with Crippen molar-refractivity contribution < 1.29 is 38.5 Å². The molecule has 4 amide bonds. The highest BCUT2D eigenvalue weighted by Crippen LogP contribution is 2.48. The van der Waals surface area contributed by atoms with Crippen LogP contribution in [-0.2, 0) is 35.8 Å². The topological polar surface area (TPSA) is 207 Å². The highest BCUT2D eigenvalue weighted by atomic mass is 16.5. The summed E-state index contributed by atoms with van der Waals surface area (Å²) in [5.74, 6) is 0.677. The van der Waals surface area contributed by atoms with E-state index in [0.717, 1.165) is 77.5 Å². The van der Waals surface area contributed by atoms with Crippen molar-refractivity contribution in [1.29, 1.82) is 0 Å². The number of hydrogen-bond acceptors (Lipinski definition) is 11. The van der Waals surface area contributed by atoms with Gasteiger partial charge in [0.15, 0.2) is 0 Å². The lowest BCUT2D eigenvalue weighted by molar-refractivity contribution is -0.137. The first-order valence-corrected chi connectivity index (χ1v) is 24.6. The maximum Gasteiger partial charge on any atom is 0.407 e. The minimum absolute atomic E-state index is 0.00308. The number of likely N-dealkylation sites (tertiary alicyclic amines) is 1. The molecular formula is C53H75N9O8. The van der Waals surface area contributed by atoms with Crippen molar-refractivity contribution in [2.24, 2.45) is 11.8 Å². The Morgan fingerprint density at radius 2 is 1.33 bits per heavy atom. The van der Waals surface area contributed by atoms with Crippen LogP contribution in [0, 0.1) is 11.8 Å². The van der Waals surface area contributed by atoms with Crippen LogP contribution in [0.5, 0.6) is 0 Å². The van der Waals surface area contributed by atoms with Gasteiger partial charge in [-0.2, -0.15) is 0 Å². The summed E-state index contributed by atoms with van der Waals surface area (Å²) in [5.41, 5.74) is 8.09. The van der Waals surface area contributed by atoms with E-state index in [1.54, 1.807) is 12.0 Å². The maximum absolute atomic E-state index is 14.1. The monoisotopic (exact) mass is 966 g/mol. The van der Waals surface area contributed by atoms with Crippen molar-refractivity contribution >= 4 is 51.8 Å². The lowest BCUT2D eigenvalue weighted by Gasteiger charge is -2.34. The van der Waals surface area contributed by atoms with Crippen LogP contribution < -0.4 is 15.5 Å². The number of methoxy groups -OCH3 is 3. The SMILES string of the molecule is CC[C@@H](CN(Cc1nc2ccc([C@H]3CC[C@H](c4ccc5nc([C@@H]6CCCN6C(=O)C(NC(=O)OC)C(C)C)[nH]c5c4)N3c3ccc(C(C)(C)C)cc3)cc2[nH]1)C(=O)[C@@H](NC(=O)OC)C(C)C)OC.CO. The number of aromatic amines is 2. The van der Waals surface area contributed by atoms with Crippen LogP contribution in [-0.4, -0.2) is 119 Å². The Kier molecular flexibility index (Phi) is 17.6. The minimum Gasteiger partial charge on any atom is -0.453 e. The second kappa shape index (κ2) is 23.1. The molecule has 3 aromatic carbocycles. The van der Waals surface area contributed by atoms with Crippen LogP contribution in [0.15, 0.2) is 60.7 Å². The molecule has 17 nitrogen and oxygen atoms in total. The van der Waals surface area contributed by atoms with Crippen molar-refractivity contribution in [2.45, 2.75) is 136 Å². The molecule has 1 unspecified atom stereocenters. The molecule has 0 bridgehead atoms. The van der Waals surface area contributed by atoms with Gasteiger partial charge in [-0.25, -0.2) is 19.6 Å². The van der Waals surface area contributed by atoms with Crippen molar-refractivity contribution in [3.8, 4) is 0 Å². The summed E-state index contributed by atoms with van der Waals surface area (Å²) in [7, 11) is 5.23. The van der Waals surface area contributed by atoms with Gasteiger partial charge in [0.1, 0.15) is 23.7 Å². The van der Waals surface area contributed by atoms with Gasteiger partial charge in [-0.1, -0.05) is 79.7 Å². The number of H-pyrrole nitrogens is 2. The number of benzene rings is 3. The molecule has 2 aliphatic rings. The number of aliphatic hydroxyl groups is 1. The lowest BCUT2D eigenvalue weighted by atomic mass is 9.87. The van der Waals surface area contributed by atoms with E-state index in [1.165, 1.54) is 19.8 Å². The molecule has 2 aliphatic heterocycles. The summed E-state index contributed by atoms with van der Waals surface area (Å²) in [6.07, 6.45) is 2.62. The van der Waals surface area contributed by atoms with Crippen molar-refractivity contribution in [3.05, 3.63) is 89.0 Å². The molecule has 2 fully saturated rings. The number of carbonyl (C=O) groups is 4. The normalized spacial score (nSPS) is 18.4. The summed E-state index contributed by atoms with van der Waals surface area (Å²) < 4.78 is 15.4. The Morgan fingerprint density at radius 3 is 1.86 bits per heavy atom. The summed E-state index contributed by atoms with van der Waals surface area (Å²) >= 11 is 0. The fourth-order valence-corrected chi connectivity index (χ4v) is 9.85. The van der Waals surface area contributed by atoms with E-state index in [9.17, 15) is 19.2 Å². The highest BCUT2D eigenvalue weighted by molar-refractivity contribution is 5.87. The van der Waals surface area contributed by atoms with E-state index in [0.29, 0.717) is 25.3 Å². The number of hydrogen-bond donors (Lipinski definition) is 5. The van der Waals surface area contributed by atoms with Crippen molar-refractivity contribution in [3.63, 3.8) is 0 Å². The average Bonchev–Trinajstić information content (AvgIpc) is 4.18. The molecule has 17 heteroatoms. The molecule has 2 saturated heterocycles. The fourth-order valence-electron chi connectivity index (χ4n) is 9.85. The largest absolute Gasteiger partial charge is 0.453 e. The minimum atomic E-state index is -0.795. The fraction of sp³-hybridized carbons (Fsp3) is 0.547. The number of amides is 4. The molecule has 4 heterocycles. The average molecular weight is 966 g/mol. The van der Waals surface area contributed by atoms with Crippen LogP contribution in [0.3, 0.4) is 0 Å². The Labute approximate surface area is 412 Å². The van der Waals surface area contributed by atoms with Crippen LogP contribution in [0.1, 0.15) is 134 Å². The molecule has 0 radical (unpaired) electrons. The van der Waals surface area contributed by atoms with Crippen LogP contribution in [0.2, 0.25) is 0 Å². The summed E-state index contributed by atoms with van der Waals surface area (Å²) in [6, 6.07) is 20.2. The molecule has 6 atom stereocenters. The Bertz CT molecular complexity index is 2560. The van der Waals surface area contributed by atoms with Gasteiger partial charge in [0, 0.05) is 33.0 Å². The predicted molar refractivity (Wildman–Crippen MR) is 271 cm³/mol. The molecule has 5 aromatic rings. The van der Waals surface area contributed by atoms with E-state index in [1.807, 2.05) is 39.5 Å². The summed E-state index contributed by atoms with van der Waals surface area (Å²) in [6.45, 7) is 17.4. The van der Waals surface area contributed by atoms with Gasteiger partial charge in [-0.15, -0.1) is 0 Å². The second-order valence-corrected chi connectivity index (χ2v) is 20.1. The zero-order valence-corrected chi connectivity index (χ0v) is 43.1. The molecular weight excluding hydrogens is 891 g/mol. The number of aliphatic hydroxyl groups excluding tert-OH is 1.